The highest BCUT2D eigenvalue weighted by molar-refractivity contribution is 9.10. The Morgan fingerprint density at radius 3 is 2.48 bits per heavy atom. The molecule has 0 radical (unpaired) electrons. The predicted molar refractivity (Wildman–Crippen MR) is 91.5 cm³/mol. The van der Waals surface area contributed by atoms with Crippen LogP contribution in [0.2, 0.25) is 0 Å². The lowest BCUT2D eigenvalue weighted by Crippen LogP contribution is -2.32. The molecule has 0 bridgehead atoms. The van der Waals surface area contributed by atoms with Crippen molar-refractivity contribution < 1.29 is 14.3 Å². The molecule has 118 valence electrons. The van der Waals surface area contributed by atoms with E-state index in [-0.39, 0.29) is 0 Å². The summed E-state index contributed by atoms with van der Waals surface area (Å²) in [7, 11) is 1.54. The predicted octanol–water partition coefficient (Wildman–Crippen LogP) is 2.55. The van der Waals surface area contributed by atoms with Gasteiger partial charge in [-0.1, -0.05) is 28.1 Å². The second-order valence-electron chi connectivity index (χ2n) is 4.40. The number of carbonyl (C=O) groups is 2. The van der Waals surface area contributed by atoms with Crippen LogP contribution in [0.5, 0.6) is 5.75 Å². The molecule has 0 aliphatic rings. The molecular weight excluding hydrogens is 362 g/mol. The van der Waals surface area contributed by atoms with E-state index in [1.54, 1.807) is 36.4 Å². The van der Waals surface area contributed by atoms with Crippen molar-refractivity contribution in [2.45, 2.75) is 0 Å². The number of para-hydroxylation sites is 1. The van der Waals surface area contributed by atoms with E-state index in [2.05, 4.69) is 31.8 Å². The van der Waals surface area contributed by atoms with Gasteiger partial charge in [-0.2, -0.15) is 5.10 Å². The number of ether oxygens (including phenoxy) is 1. The molecule has 2 aromatic rings. The van der Waals surface area contributed by atoms with Crippen molar-refractivity contribution >= 4 is 39.6 Å². The molecule has 2 rings (SSSR count). The maximum Gasteiger partial charge on any atom is 0.329 e. The summed E-state index contributed by atoms with van der Waals surface area (Å²) in [4.78, 5) is 23.4. The molecule has 23 heavy (non-hydrogen) atoms. The summed E-state index contributed by atoms with van der Waals surface area (Å²) in [6.07, 6.45) is 1.41. The number of hydrogen-bond donors (Lipinski definition) is 2. The molecule has 7 heteroatoms. The fourth-order valence-electron chi connectivity index (χ4n) is 1.71. The van der Waals surface area contributed by atoms with Crippen LogP contribution in [0.25, 0.3) is 0 Å². The van der Waals surface area contributed by atoms with E-state index in [4.69, 9.17) is 4.74 Å². The van der Waals surface area contributed by atoms with Gasteiger partial charge in [0.05, 0.1) is 13.3 Å². The summed E-state index contributed by atoms with van der Waals surface area (Å²) < 4.78 is 6.03. The SMILES string of the molecule is COc1ccccc1C=NNC(=O)C(=O)Nc1ccc(Br)cc1. The second-order valence-corrected chi connectivity index (χ2v) is 5.32. The first-order valence-electron chi connectivity index (χ1n) is 6.63. The number of halogens is 1. The van der Waals surface area contributed by atoms with Gasteiger partial charge in [0, 0.05) is 15.7 Å². The second kappa shape index (κ2) is 8.09. The Bertz CT molecular complexity index is 730. The van der Waals surface area contributed by atoms with Crippen LogP contribution < -0.4 is 15.5 Å². The van der Waals surface area contributed by atoms with E-state index >= 15 is 0 Å². The molecule has 0 unspecified atom stereocenters. The first kappa shape index (κ1) is 16.7. The Hall–Kier alpha value is -2.67. The van der Waals surface area contributed by atoms with Crippen molar-refractivity contribution in [3.63, 3.8) is 0 Å². The lowest BCUT2D eigenvalue weighted by molar-refractivity contribution is -0.136. The molecule has 2 aromatic carbocycles. The summed E-state index contributed by atoms with van der Waals surface area (Å²) in [6.45, 7) is 0. The van der Waals surface area contributed by atoms with Crippen molar-refractivity contribution in [3.05, 3.63) is 58.6 Å². The highest BCUT2D eigenvalue weighted by Gasteiger charge is 2.12. The summed E-state index contributed by atoms with van der Waals surface area (Å²) in [5, 5.41) is 6.22. The van der Waals surface area contributed by atoms with Crippen LogP contribution in [0.4, 0.5) is 5.69 Å². The molecule has 0 aliphatic heterocycles. The minimum atomic E-state index is -0.862. The van der Waals surface area contributed by atoms with Crippen molar-refractivity contribution in [2.24, 2.45) is 5.10 Å². The Morgan fingerprint density at radius 1 is 1.09 bits per heavy atom. The molecule has 0 fully saturated rings. The van der Waals surface area contributed by atoms with Gasteiger partial charge < -0.3 is 10.1 Å². The summed E-state index contributed by atoms with van der Waals surface area (Å²) in [6, 6.07) is 14.0. The van der Waals surface area contributed by atoms with Crippen LogP contribution in [-0.4, -0.2) is 25.1 Å². The number of hydrazone groups is 1. The third-order valence-corrected chi connectivity index (χ3v) is 3.35. The van der Waals surface area contributed by atoms with Gasteiger partial charge in [-0.15, -0.1) is 0 Å². The smallest absolute Gasteiger partial charge is 0.329 e. The monoisotopic (exact) mass is 375 g/mol. The number of nitrogens with one attached hydrogen (secondary N) is 2. The number of benzene rings is 2. The van der Waals surface area contributed by atoms with Gasteiger partial charge in [0.25, 0.3) is 0 Å². The van der Waals surface area contributed by atoms with E-state index in [1.165, 1.54) is 13.3 Å². The van der Waals surface area contributed by atoms with Gasteiger partial charge in [-0.25, -0.2) is 5.43 Å². The molecule has 0 aromatic heterocycles. The van der Waals surface area contributed by atoms with Crippen LogP contribution in [0, 0.1) is 0 Å². The molecule has 0 saturated carbocycles. The van der Waals surface area contributed by atoms with E-state index in [9.17, 15) is 9.59 Å². The van der Waals surface area contributed by atoms with E-state index < -0.39 is 11.8 Å². The molecule has 2 N–H and O–H groups in total. The van der Waals surface area contributed by atoms with Gasteiger partial charge in [-0.05, 0) is 36.4 Å². The van der Waals surface area contributed by atoms with Gasteiger partial charge in [0.2, 0.25) is 0 Å². The minimum absolute atomic E-state index is 0.516. The van der Waals surface area contributed by atoms with Crippen molar-refractivity contribution in [1.29, 1.82) is 0 Å². The Morgan fingerprint density at radius 2 is 1.78 bits per heavy atom. The number of amides is 2. The quantitative estimate of drug-likeness (QED) is 0.489. The van der Waals surface area contributed by atoms with Crippen LogP contribution >= 0.6 is 15.9 Å². The Balaban J connectivity index is 1.92. The molecule has 0 atom stereocenters. The molecular formula is C16H14BrN3O3. The minimum Gasteiger partial charge on any atom is -0.496 e. The molecule has 0 heterocycles. The standard InChI is InChI=1S/C16H14BrN3O3/c1-23-14-5-3-2-4-11(14)10-18-20-16(22)15(21)19-13-8-6-12(17)7-9-13/h2-10H,1H3,(H,19,21)(H,20,22). The topological polar surface area (TPSA) is 79.8 Å². The third kappa shape index (κ3) is 4.93. The zero-order chi connectivity index (χ0) is 16.7. The first-order valence-corrected chi connectivity index (χ1v) is 7.42. The Labute approximate surface area is 141 Å². The van der Waals surface area contributed by atoms with E-state index in [0.717, 1.165) is 4.47 Å². The van der Waals surface area contributed by atoms with Crippen LogP contribution in [0.3, 0.4) is 0 Å². The van der Waals surface area contributed by atoms with Gasteiger partial charge in [0.15, 0.2) is 0 Å². The van der Waals surface area contributed by atoms with E-state index in [1.807, 2.05) is 12.1 Å². The first-order chi connectivity index (χ1) is 11.1. The normalized spacial score (nSPS) is 10.3. The lowest BCUT2D eigenvalue weighted by Gasteiger charge is -2.04. The van der Waals surface area contributed by atoms with Crippen LogP contribution in [0.1, 0.15) is 5.56 Å². The van der Waals surface area contributed by atoms with Crippen LogP contribution in [-0.2, 0) is 9.59 Å². The fraction of sp³-hybridized carbons (Fsp3) is 0.0625. The number of anilines is 1. The molecule has 6 nitrogen and oxygen atoms in total. The van der Waals surface area contributed by atoms with Gasteiger partial charge >= 0.3 is 11.8 Å². The molecule has 0 spiro atoms. The molecule has 2 amide bonds. The highest BCUT2D eigenvalue weighted by atomic mass is 79.9. The zero-order valence-electron chi connectivity index (χ0n) is 12.2. The lowest BCUT2D eigenvalue weighted by atomic mass is 10.2. The summed E-state index contributed by atoms with van der Waals surface area (Å²) in [5.41, 5.74) is 3.37. The average molecular weight is 376 g/mol. The Kier molecular flexibility index (Phi) is 5.87. The zero-order valence-corrected chi connectivity index (χ0v) is 13.8. The van der Waals surface area contributed by atoms with Crippen molar-refractivity contribution in [2.75, 3.05) is 12.4 Å². The maximum absolute atomic E-state index is 11.7. The van der Waals surface area contributed by atoms with Crippen molar-refractivity contribution in [1.82, 2.24) is 5.43 Å². The summed E-state index contributed by atoms with van der Waals surface area (Å²) in [5.74, 6) is -1.05. The molecule has 0 saturated heterocycles. The van der Waals surface area contributed by atoms with Crippen molar-refractivity contribution in [3.8, 4) is 5.75 Å². The van der Waals surface area contributed by atoms with Crippen LogP contribution in [0.15, 0.2) is 58.1 Å². The maximum atomic E-state index is 11.7. The van der Waals surface area contributed by atoms with Gasteiger partial charge in [0.1, 0.15) is 5.75 Å². The summed E-state index contributed by atoms with van der Waals surface area (Å²) >= 11 is 3.29. The fourth-order valence-corrected chi connectivity index (χ4v) is 1.97. The highest BCUT2D eigenvalue weighted by Crippen LogP contribution is 2.15. The number of carbonyl (C=O) groups excluding carboxylic acids is 2. The number of nitrogens with zero attached hydrogens (tertiary/aromatic N) is 1. The number of hydrogen-bond acceptors (Lipinski definition) is 4. The van der Waals surface area contributed by atoms with E-state index in [0.29, 0.717) is 17.0 Å². The largest absolute Gasteiger partial charge is 0.496 e. The average Bonchev–Trinajstić information content (AvgIpc) is 2.57. The third-order valence-electron chi connectivity index (χ3n) is 2.82. The van der Waals surface area contributed by atoms with Gasteiger partial charge in [-0.3, -0.25) is 9.59 Å². The number of rotatable bonds is 4. The number of methoxy groups -OCH3 is 1. The molecule has 0 aliphatic carbocycles.